The number of benzene rings is 1. The van der Waals surface area contributed by atoms with E-state index in [4.69, 9.17) is 9.47 Å². The van der Waals surface area contributed by atoms with Crippen LogP contribution in [0.3, 0.4) is 0 Å². The molecule has 168 valence electrons. The number of hydrogen-bond acceptors (Lipinski definition) is 8. The average molecular weight is 464 g/mol. The van der Waals surface area contributed by atoms with Gasteiger partial charge in [-0.1, -0.05) is 0 Å². The first-order valence-electron chi connectivity index (χ1n) is 9.18. The fraction of sp³-hybridized carbons (Fsp3) is 0.529. The number of hydrogen-bond donors (Lipinski definition) is 3. The maximum Gasteiger partial charge on any atom is 0.407 e. The number of rotatable bonds is 8. The summed E-state index contributed by atoms with van der Waals surface area (Å²) in [5, 5.41) is 4.87. The zero-order valence-corrected chi connectivity index (χ0v) is 18.4. The Kier molecular flexibility index (Phi) is 7.66. The van der Waals surface area contributed by atoms with Crippen molar-refractivity contribution in [2.45, 2.75) is 37.8 Å². The van der Waals surface area contributed by atoms with Crippen LogP contribution >= 0.6 is 0 Å². The molecule has 0 aliphatic carbocycles. The van der Waals surface area contributed by atoms with Crippen LogP contribution in [0, 0.1) is 0 Å². The molecule has 1 aliphatic rings. The predicted octanol–water partition coefficient (Wildman–Crippen LogP) is 0.234. The molecule has 1 saturated heterocycles. The highest BCUT2D eigenvalue weighted by atomic mass is 32.2. The van der Waals surface area contributed by atoms with Gasteiger partial charge in [-0.25, -0.2) is 26.4 Å². The van der Waals surface area contributed by atoms with Crippen molar-refractivity contribution >= 4 is 37.5 Å². The molecule has 2 rings (SSSR count). The highest BCUT2D eigenvalue weighted by Gasteiger charge is 2.41. The predicted molar refractivity (Wildman–Crippen MR) is 109 cm³/mol. The van der Waals surface area contributed by atoms with E-state index in [9.17, 15) is 26.4 Å². The van der Waals surface area contributed by atoms with Crippen molar-refractivity contribution in [3.8, 4) is 5.75 Å². The van der Waals surface area contributed by atoms with E-state index < -0.39 is 55.5 Å². The maximum absolute atomic E-state index is 13.0. The summed E-state index contributed by atoms with van der Waals surface area (Å²) in [6.45, 7) is 4.80. The Morgan fingerprint density at radius 3 is 2.40 bits per heavy atom. The summed E-state index contributed by atoms with van der Waals surface area (Å²) in [5.74, 6) is -1.27. The van der Waals surface area contributed by atoms with E-state index >= 15 is 0 Å². The zero-order valence-electron chi connectivity index (χ0n) is 16.8. The molecule has 0 aromatic heterocycles. The fourth-order valence-electron chi connectivity index (χ4n) is 2.97. The van der Waals surface area contributed by atoms with E-state index in [0.717, 1.165) is 0 Å². The second-order valence-electron chi connectivity index (χ2n) is 6.55. The van der Waals surface area contributed by atoms with E-state index in [1.165, 1.54) is 25.1 Å². The molecule has 1 fully saturated rings. The van der Waals surface area contributed by atoms with Crippen LogP contribution in [-0.4, -0.2) is 65.6 Å². The lowest BCUT2D eigenvalue weighted by atomic mass is 10.2. The zero-order chi connectivity index (χ0) is 22.5. The van der Waals surface area contributed by atoms with Crippen LogP contribution in [0.1, 0.15) is 20.8 Å². The van der Waals surface area contributed by atoms with Gasteiger partial charge in [0, 0.05) is 12.6 Å². The molecule has 3 N–H and O–H groups in total. The van der Waals surface area contributed by atoms with E-state index in [-0.39, 0.29) is 29.5 Å². The highest BCUT2D eigenvalue weighted by Crippen LogP contribution is 2.28. The van der Waals surface area contributed by atoms with Crippen molar-refractivity contribution in [3.05, 3.63) is 18.2 Å². The number of nitrogens with one attached hydrogen (secondary N) is 3. The van der Waals surface area contributed by atoms with Gasteiger partial charge in [0.05, 0.1) is 36.8 Å². The minimum Gasteiger partial charge on any atom is -0.492 e. The first-order valence-corrected chi connectivity index (χ1v) is 12.5. The van der Waals surface area contributed by atoms with Gasteiger partial charge < -0.3 is 20.1 Å². The monoisotopic (exact) mass is 463 g/mol. The number of sulfonamides is 1. The molecule has 2 amide bonds. The first kappa shape index (κ1) is 23.9. The third-order valence-corrected chi connectivity index (χ3v) is 7.34. The lowest BCUT2D eigenvalue weighted by molar-refractivity contribution is -0.114. The van der Waals surface area contributed by atoms with Crippen LogP contribution in [0.25, 0.3) is 0 Å². The second-order valence-corrected chi connectivity index (χ2v) is 10.4. The number of alkyl carbamates (subject to hydrolysis) is 1. The van der Waals surface area contributed by atoms with Gasteiger partial charge >= 0.3 is 6.09 Å². The molecular weight excluding hydrogens is 438 g/mol. The molecule has 1 aliphatic heterocycles. The SMILES string of the molecule is CCOC(=O)NC1CS(=O)(=O)CC1NS(=O)(=O)c1cc(NC(C)=O)ccc1OCC. The Hall–Kier alpha value is -2.38. The fourth-order valence-corrected chi connectivity index (χ4v) is 6.38. The molecular formula is C17H25N3O8S2. The van der Waals surface area contributed by atoms with Gasteiger partial charge in [0.1, 0.15) is 10.6 Å². The normalized spacial score (nSPS) is 20.4. The summed E-state index contributed by atoms with van der Waals surface area (Å²) in [4.78, 5) is 22.8. The largest absolute Gasteiger partial charge is 0.492 e. The Morgan fingerprint density at radius 2 is 1.80 bits per heavy atom. The van der Waals surface area contributed by atoms with Crippen LogP contribution in [0.4, 0.5) is 10.5 Å². The van der Waals surface area contributed by atoms with E-state index in [1.54, 1.807) is 13.8 Å². The molecule has 0 radical (unpaired) electrons. The lowest BCUT2D eigenvalue weighted by Gasteiger charge is -2.21. The molecule has 2 unspecified atom stereocenters. The summed E-state index contributed by atoms with van der Waals surface area (Å²) in [7, 11) is -7.86. The van der Waals surface area contributed by atoms with Gasteiger partial charge in [-0.2, -0.15) is 0 Å². The van der Waals surface area contributed by atoms with E-state index in [2.05, 4.69) is 15.4 Å². The second kappa shape index (κ2) is 9.62. The molecule has 0 bridgehead atoms. The number of ether oxygens (including phenoxy) is 2. The summed E-state index contributed by atoms with van der Waals surface area (Å²) in [5.41, 5.74) is 0.228. The smallest absolute Gasteiger partial charge is 0.407 e. The average Bonchev–Trinajstić information content (AvgIpc) is 2.88. The number of carbonyl (C=O) groups is 2. The summed E-state index contributed by atoms with van der Waals surface area (Å²) >= 11 is 0. The summed E-state index contributed by atoms with van der Waals surface area (Å²) in [6.07, 6.45) is -0.841. The molecule has 0 saturated carbocycles. The van der Waals surface area contributed by atoms with Crippen LogP contribution in [0.15, 0.2) is 23.1 Å². The highest BCUT2D eigenvalue weighted by molar-refractivity contribution is 7.92. The Morgan fingerprint density at radius 1 is 1.13 bits per heavy atom. The number of carbonyl (C=O) groups excluding carboxylic acids is 2. The van der Waals surface area contributed by atoms with E-state index in [0.29, 0.717) is 0 Å². The van der Waals surface area contributed by atoms with Crippen molar-refractivity contribution in [2.24, 2.45) is 0 Å². The Labute approximate surface area is 175 Å². The van der Waals surface area contributed by atoms with Crippen LogP contribution in [0.2, 0.25) is 0 Å². The summed E-state index contributed by atoms with van der Waals surface area (Å²) < 4.78 is 62.7. The standard InChI is InChI=1S/C17H25N3O8S2/c1-4-27-15-7-6-12(18-11(3)21)8-16(15)30(25,26)20-14-10-29(23,24)9-13(14)19-17(22)28-5-2/h6-8,13-14,20H,4-5,9-10H2,1-3H3,(H,18,21)(H,19,22). The summed E-state index contributed by atoms with van der Waals surface area (Å²) in [6, 6.07) is 1.98. The Balaban J connectivity index is 2.35. The molecule has 13 heteroatoms. The van der Waals surface area contributed by atoms with Gasteiger partial charge in [-0.3, -0.25) is 4.79 Å². The number of sulfone groups is 1. The van der Waals surface area contributed by atoms with Crippen LogP contribution in [0.5, 0.6) is 5.75 Å². The van der Waals surface area contributed by atoms with Crippen molar-refractivity contribution in [3.63, 3.8) is 0 Å². The van der Waals surface area contributed by atoms with Gasteiger partial charge in [0.2, 0.25) is 15.9 Å². The number of anilines is 1. The van der Waals surface area contributed by atoms with Crippen LogP contribution in [-0.2, 0) is 29.4 Å². The third kappa shape index (κ3) is 6.31. The van der Waals surface area contributed by atoms with Crippen molar-refractivity contribution in [1.82, 2.24) is 10.0 Å². The van der Waals surface area contributed by atoms with Gasteiger partial charge in [0.25, 0.3) is 0 Å². The minimum atomic E-state index is -4.27. The van der Waals surface area contributed by atoms with Gasteiger partial charge in [-0.15, -0.1) is 0 Å². The first-order chi connectivity index (χ1) is 14.0. The molecule has 1 heterocycles. The minimum absolute atomic E-state index is 0.0369. The molecule has 1 aromatic carbocycles. The Bertz CT molecular complexity index is 1010. The molecule has 11 nitrogen and oxygen atoms in total. The van der Waals surface area contributed by atoms with Gasteiger partial charge in [-0.05, 0) is 32.0 Å². The van der Waals surface area contributed by atoms with Crippen LogP contribution < -0.4 is 20.1 Å². The maximum atomic E-state index is 13.0. The van der Waals surface area contributed by atoms with Crippen molar-refractivity contribution in [2.75, 3.05) is 30.0 Å². The van der Waals surface area contributed by atoms with Gasteiger partial charge in [0.15, 0.2) is 9.84 Å². The molecule has 30 heavy (non-hydrogen) atoms. The molecule has 0 spiro atoms. The lowest BCUT2D eigenvalue weighted by Crippen LogP contribution is -2.51. The van der Waals surface area contributed by atoms with E-state index in [1.807, 2.05) is 0 Å². The quantitative estimate of drug-likeness (QED) is 0.495. The number of amides is 2. The molecule has 1 aromatic rings. The third-order valence-electron chi connectivity index (χ3n) is 4.09. The van der Waals surface area contributed by atoms with Crippen molar-refractivity contribution < 1.29 is 35.9 Å². The molecule has 2 atom stereocenters. The van der Waals surface area contributed by atoms with Crippen molar-refractivity contribution in [1.29, 1.82) is 0 Å². The topological polar surface area (TPSA) is 157 Å².